The zero-order valence-electron chi connectivity index (χ0n) is 9.45. The number of hydrogen-bond donors (Lipinski definition) is 2. The van der Waals surface area contributed by atoms with E-state index in [1.54, 1.807) is 0 Å². The summed E-state index contributed by atoms with van der Waals surface area (Å²) in [4.78, 5) is 4.16. The minimum absolute atomic E-state index is 0.314. The highest BCUT2D eigenvalue weighted by molar-refractivity contribution is 4.88. The Morgan fingerprint density at radius 3 is 2.87 bits per heavy atom. The Kier molecular flexibility index (Phi) is 6.04. The lowest BCUT2D eigenvalue weighted by Crippen LogP contribution is -2.21. The molecule has 0 aromatic carbocycles. The molecule has 15 heavy (non-hydrogen) atoms. The number of nitrogens with zero attached hydrogens (tertiary/aromatic N) is 2. The van der Waals surface area contributed by atoms with Crippen LogP contribution in [0.1, 0.15) is 25.1 Å². The summed E-state index contributed by atoms with van der Waals surface area (Å²) >= 11 is 0. The molecular weight excluding hydrogens is 190 g/mol. The zero-order chi connectivity index (χ0) is 10.9. The average Bonchev–Trinajstić information content (AvgIpc) is 2.63. The average molecular weight is 211 g/mol. The third-order valence-electron chi connectivity index (χ3n) is 2.46. The fraction of sp³-hybridized carbons (Fsp3) is 0.727. The Labute approximate surface area is 91.3 Å². The molecule has 0 spiro atoms. The van der Waals surface area contributed by atoms with Crippen molar-refractivity contribution in [1.29, 1.82) is 0 Å². The molecule has 0 atom stereocenters. The van der Waals surface area contributed by atoms with Crippen LogP contribution < -0.4 is 5.32 Å². The summed E-state index contributed by atoms with van der Waals surface area (Å²) < 4.78 is 2.14. The molecule has 2 N–H and O–H groups in total. The van der Waals surface area contributed by atoms with Crippen molar-refractivity contribution in [3.63, 3.8) is 0 Å². The Balaban J connectivity index is 1.96. The van der Waals surface area contributed by atoms with E-state index >= 15 is 0 Å². The van der Waals surface area contributed by atoms with Gasteiger partial charge in [0.05, 0.1) is 0 Å². The summed E-state index contributed by atoms with van der Waals surface area (Å²) in [5.74, 6) is 1.07. The maximum atomic E-state index is 8.59. The van der Waals surface area contributed by atoms with Gasteiger partial charge in [0.25, 0.3) is 0 Å². The summed E-state index contributed by atoms with van der Waals surface area (Å²) in [6.07, 6.45) is 7.00. The molecule has 0 fully saturated rings. The maximum Gasteiger partial charge on any atom is 0.105 e. The lowest BCUT2D eigenvalue weighted by molar-refractivity contribution is 0.283. The summed E-state index contributed by atoms with van der Waals surface area (Å²) in [7, 11) is 0. The van der Waals surface area contributed by atoms with Crippen molar-refractivity contribution in [3.05, 3.63) is 18.2 Å². The number of aliphatic hydroxyl groups excluding tert-OH is 1. The largest absolute Gasteiger partial charge is 0.396 e. The number of hydrogen-bond acceptors (Lipinski definition) is 3. The molecule has 0 amide bonds. The van der Waals surface area contributed by atoms with Crippen molar-refractivity contribution >= 4 is 0 Å². The van der Waals surface area contributed by atoms with Crippen molar-refractivity contribution in [3.8, 4) is 0 Å². The van der Waals surface area contributed by atoms with E-state index in [2.05, 4.69) is 14.9 Å². The minimum Gasteiger partial charge on any atom is -0.396 e. The van der Waals surface area contributed by atoms with E-state index in [1.165, 1.54) is 0 Å². The molecule has 1 heterocycles. The van der Waals surface area contributed by atoms with Gasteiger partial charge in [0, 0.05) is 32.1 Å². The highest BCUT2D eigenvalue weighted by Gasteiger charge is 1.95. The van der Waals surface area contributed by atoms with E-state index in [0.717, 1.165) is 44.7 Å². The first-order valence-corrected chi connectivity index (χ1v) is 5.64. The molecule has 0 saturated carbocycles. The van der Waals surface area contributed by atoms with Gasteiger partial charge in [-0.25, -0.2) is 4.98 Å². The molecule has 0 aliphatic heterocycles. The highest BCUT2D eigenvalue weighted by Crippen LogP contribution is 1.94. The Hall–Kier alpha value is -0.870. The highest BCUT2D eigenvalue weighted by atomic mass is 16.2. The lowest BCUT2D eigenvalue weighted by atomic mass is 10.2. The Morgan fingerprint density at radius 1 is 1.33 bits per heavy atom. The molecule has 0 radical (unpaired) electrons. The van der Waals surface area contributed by atoms with Gasteiger partial charge in [0.2, 0.25) is 0 Å². The fourth-order valence-electron chi connectivity index (χ4n) is 1.50. The first kappa shape index (κ1) is 12.2. The van der Waals surface area contributed by atoms with Crippen molar-refractivity contribution in [1.82, 2.24) is 14.9 Å². The van der Waals surface area contributed by atoms with Gasteiger partial charge in [-0.2, -0.15) is 0 Å². The van der Waals surface area contributed by atoms with Crippen LogP contribution >= 0.6 is 0 Å². The second-order valence-electron chi connectivity index (χ2n) is 3.70. The quantitative estimate of drug-likeness (QED) is 0.629. The van der Waals surface area contributed by atoms with Gasteiger partial charge < -0.3 is 15.0 Å². The van der Waals surface area contributed by atoms with Crippen LogP contribution in [0, 0.1) is 6.92 Å². The van der Waals surface area contributed by atoms with Crippen molar-refractivity contribution in [2.24, 2.45) is 0 Å². The molecule has 4 nitrogen and oxygen atoms in total. The molecule has 0 unspecified atom stereocenters. The fourth-order valence-corrected chi connectivity index (χ4v) is 1.50. The van der Waals surface area contributed by atoms with Gasteiger partial charge in [0.15, 0.2) is 0 Å². The monoisotopic (exact) mass is 211 g/mol. The zero-order valence-corrected chi connectivity index (χ0v) is 9.45. The van der Waals surface area contributed by atoms with E-state index < -0.39 is 0 Å². The molecule has 0 aliphatic rings. The molecule has 1 aromatic rings. The van der Waals surface area contributed by atoms with Gasteiger partial charge in [-0.15, -0.1) is 0 Å². The molecule has 0 bridgehead atoms. The first-order chi connectivity index (χ1) is 7.34. The van der Waals surface area contributed by atoms with Crippen LogP contribution in [-0.4, -0.2) is 34.4 Å². The lowest BCUT2D eigenvalue weighted by Gasteiger charge is -2.06. The molecule has 1 rings (SSSR count). The molecule has 1 aromatic heterocycles. The Morgan fingerprint density at radius 2 is 2.20 bits per heavy atom. The van der Waals surface area contributed by atoms with E-state index in [1.807, 2.05) is 19.3 Å². The predicted molar refractivity (Wildman–Crippen MR) is 60.8 cm³/mol. The van der Waals surface area contributed by atoms with Crippen LogP contribution in [0.5, 0.6) is 0 Å². The number of aromatic nitrogens is 2. The molecular formula is C11H21N3O. The van der Waals surface area contributed by atoms with Crippen LogP contribution in [-0.2, 0) is 6.54 Å². The number of imidazole rings is 1. The SMILES string of the molecule is Cc1nccn1CCNCCCCCO. The molecule has 0 aliphatic carbocycles. The number of unbranched alkanes of at least 4 members (excludes halogenated alkanes) is 2. The van der Waals surface area contributed by atoms with E-state index in [0.29, 0.717) is 6.61 Å². The van der Waals surface area contributed by atoms with Crippen LogP contribution in [0.3, 0.4) is 0 Å². The Bertz CT molecular complexity index is 260. The number of aliphatic hydroxyl groups is 1. The normalized spacial score (nSPS) is 10.8. The molecule has 4 heteroatoms. The van der Waals surface area contributed by atoms with E-state index in [4.69, 9.17) is 5.11 Å². The minimum atomic E-state index is 0.314. The number of nitrogens with one attached hydrogen (secondary N) is 1. The summed E-state index contributed by atoms with van der Waals surface area (Å²) in [6.45, 7) is 5.32. The maximum absolute atomic E-state index is 8.59. The van der Waals surface area contributed by atoms with Gasteiger partial charge in [-0.05, 0) is 32.7 Å². The van der Waals surface area contributed by atoms with Crippen LogP contribution in [0.2, 0.25) is 0 Å². The smallest absolute Gasteiger partial charge is 0.105 e. The first-order valence-electron chi connectivity index (χ1n) is 5.64. The van der Waals surface area contributed by atoms with E-state index in [-0.39, 0.29) is 0 Å². The molecule has 86 valence electrons. The standard InChI is InChI=1S/C11H21N3O/c1-11-13-7-9-14(11)8-6-12-5-3-2-4-10-15/h7,9,12,15H,2-6,8,10H2,1H3. The van der Waals surface area contributed by atoms with Gasteiger partial charge in [0.1, 0.15) is 5.82 Å². The van der Waals surface area contributed by atoms with Gasteiger partial charge in [-0.3, -0.25) is 0 Å². The summed E-state index contributed by atoms with van der Waals surface area (Å²) in [5.41, 5.74) is 0. The molecule has 0 saturated heterocycles. The summed E-state index contributed by atoms with van der Waals surface area (Å²) in [5, 5.41) is 12.0. The van der Waals surface area contributed by atoms with E-state index in [9.17, 15) is 0 Å². The number of aryl methyl sites for hydroxylation is 1. The van der Waals surface area contributed by atoms with Crippen molar-refractivity contribution in [2.45, 2.75) is 32.7 Å². The van der Waals surface area contributed by atoms with Crippen molar-refractivity contribution < 1.29 is 5.11 Å². The third kappa shape index (κ3) is 4.95. The second kappa shape index (κ2) is 7.43. The van der Waals surface area contributed by atoms with Crippen LogP contribution in [0.4, 0.5) is 0 Å². The third-order valence-corrected chi connectivity index (χ3v) is 2.46. The summed E-state index contributed by atoms with van der Waals surface area (Å²) in [6, 6.07) is 0. The second-order valence-corrected chi connectivity index (χ2v) is 3.70. The van der Waals surface area contributed by atoms with Crippen LogP contribution in [0.15, 0.2) is 12.4 Å². The van der Waals surface area contributed by atoms with Crippen molar-refractivity contribution in [2.75, 3.05) is 19.7 Å². The predicted octanol–water partition coefficient (Wildman–Crippen LogP) is 0.944. The topological polar surface area (TPSA) is 50.1 Å². The van der Waals surface area contributed by atoms with Gasteiger partial charge >= 0.3 is 0 Å². The number of rotatable bonds is 8. The van der Waals surface area contributed by atoms with Gasteiger partial charge in [-0.1, -0.05) is 0 Å². The van der Waals surface area contributed by atoms with Crippen LogP contribution in [0.25, 0.3) is 0 Å².